The normalized spacial score (nSPS) is 24.7. The Bertz CT molecular complexity index is 319. The molecular weight excluding hydrogens is 242 g/mol. The van der Waals surface area contributed by atoms with Crippen molar-refractivity contribution in [1.29, 1.82) is 0 Å². The van der Waals surface area contributed by atoms with Crippen LogP contribution in [0.4, 0.5) is 0 Å². The van der Waals surface area contributed by atoms with Crippen LogP contribution >= 0.6 is 0 Å². The molecule has 0 bridgehead atoms. The van der Waals surface area contributed by atoms with E-state index < -0.39 is 0 Å². The second-order valence-electron chi connectivity index (χ2n) is 6.96. The van der Waals surface area contributed by atoms with Crippen LogP contribution in [0.15, 0.2) is 0 Å². The quantitative estimate of drug-likeness (QED) is 0.773. The number of likely N-dealkylation sites (tertiary alicyclic amines) is 1. The van der Waals surface area contributed by atoms with E-state index in [0.717, 1.165) is 25.9 Å². The second-order valence-corrected chi connectivity index (χ2v) is 6.96. The Morgan fingerprint density at radius 2 is 1.74 bits per heavy atom. The lowest BCUT2D eigenvalue weighted by Gasteiger charge is -2.38. The summed E-state index contributed by atoms with van der Waals surface area (Å²) < 4.78 is 11.4. The first-order valence-electron chi connectivity index (χ1n) is 7.38. The van der Waals surface area contributed by atoms with E-state index in [4.69, 9.17) is 9.47 Å². The van der Waals surface area contributed by atoms with Crippen LogP contribution in [-0.4, -0.2) is 42.9 Å². The number of carbonyl (C=O) groups is 1. The topological polar surface area (TPSA) is 38.8 Å². The Kier molecular flexibility index (Phi) is 4.21. The Labute approximate surface area is 116 Å². The first-order chi connectivity index (χ1) is 8.82. The number of ether oxygens (including phenoxy) is 2. The molecule has 2 heterocycles. The molecule has 2 fully saturated rings. The van der Waals surface area contributed by atoms with E-state index in [9.17, 15) is 4.79 Å². The van der Waals surface area contributed by atoms with Gasteiger partial charge in [0.15, 0.2) is 5.79 Å². The molecule has 4 nitrogen and oxygen atoms in total. The minimum absolute atomic E-state index is 0.185. The van der Waals surface area contributed by atoms with Gasteiger partial charge in [0.05, 0.1) is 13.2 Å². The number of carbonyl (C=O) groups excluding carboxylic acids is 1. The lowest BCUT2D eigenvalue weighted by atomic mass is 9.80. The summed E-state index contributed by atoms with van der Waals surface area (Å²) in [6.45, 7) is 11.6. The molecular formula is C15H27NO3. The lowest BCUT2D eigenvalue weighted by Crippen LogP contribution is -2.47. The minimum Gasteiger partial charge on any atom is -0.347 e. The highest BCUT2D eigenvalue weighted by atomic mass is 16.7. The predicted molar refractivity (Wildman–Crippen MR) is 73.7 cm³/mol. The standard InChI is InChI=1S/C15H27NO3/c1-12(14(2,3)4)11-13(17)16-7-5-15(6-8-16)18-9-10-19-15/h12H,5-11H2,1-4H3. The molecule has 110 valence electrons. The Balaban J connectivity index is 1.82. The number of piperidine rings is 1. The molecule has 0 N–H and O–H groups in total. The van der Waals surface area contributed by atoms with Gasteiger partial charge in [-0.1, -0.05) is 27.7 Å². The Hall–Kier alpha value is -0.610. The van der Waals surface area contributed by atoms with E-state index in [0.29, 0.717) is 25.6 Å². The summed E-state index contributed by atoms with van der Waals surface area (Å²) in [6, 6.07) is 0. The van der Waals surface area contributed by atoms with Crippen LogP contribution in [0.1, 0.15) is 47.0 Å². The van der Waals surface area contributed by atoms with E-state index in [1.165, 1.54) is 0 Å². The average molecular weight is 269 g/mol. The smallest absolute Gasteiger partial charge is 0.222 e. The van der Waals surface area contributed by atoms with Crippen LogP contribution in [0.2, 0.25) is 0 Å². The monoisotopic (exact) mass is 269 g/mol. The largest absolute Gasteiger partial charge is 0.347 e. The van der Waals surface area contributed by atoms with Gasteiger partial charge < -0.3 is 14.4 Å². The second kappa shape index (κ2) is 5.41. The molecule has 19 heavy (non-hydrogen) atoms. The van der Waals surface area contributed by atoms with Crippen molar-refractivity contribution >= 4 is 5.91 Å². The van der Waals surface area contributed by atoms with Gasteiger partial charge in [0.2, 0.25) is 5.91 Å². The van der Waals surface area contributed by atoms with Gasteiger partial charge in [0.1, 0.15) is 0 Å². The highest BCUT2D eigenvalue weighted by Gasteiger charge is 2.41. The van der Waals surface area contributed by atoms with Crippen LogP contribution in [0, 0.1) is 11.3 Å². The van der Waals surface area contributed by atoms with E-state index in [1.807, 2.05) is 4.90 Å². The number of nitrogens with zero attached hydrogens (tertiary/aromatic N) is 1. The van der Waals surface area contributed by atoms with Crippen molar-refractivity contribution in [3.05, 3.63) is 0 Å². The van der Waals surface area contributed by atoms with Gasteiger partial charge in [0, 0.05) is 32.4 Å². The maximum atomic E-state index is 12.3. The molecule has 2 saturated heterocycles. The molecule has 2 aliphatic heterocycles. The molecule has 0 aromatic rings. The molecule has 0 aromatic heterocycles. The molecule has 2 aliphatic rings. The first kappa shape index (κ1) is 14.8. The SMILES string of the molecule is CC(CC(=O)N1CCC2(CC1)OCCO2)C(C)(C)C. The van der Waals surface area contributed by atoms with E-state index in [2.05, 4.69) is 27.7 Å². The third kappa shape index (κ3) is 3.48. The summed E-state index contributed by atoms with van der Waals surface area (Å²) in [5.41, 5.74) is 0.185. The van der Waals surface area contributed by atoms with Crippen molar-refractivity contribution in [3.63, 3.8) is 0 Å². The highest BCUT2D eigenvalue weighted by molar-refractivity contribution is 5.76. The van der Waals surface area contributed by atoms with Crippen molar-refractivity contribution < 1.29 is 14.3 Å². The summed E-state index contributed by atoms with van der Waals surface area (Å²) in [4.78, 5) is 14.3. The molecule has 0 aromatic carbocycles. The molecule has 1 spiro atoms. The highest BCUT2D eigenvalue weighted by Crippen LogP contribution is 2.33. The van der Waals surface area contributed by atoms with Crippen molar-refractivity contribution in [2.24, 2.45) is 11.3 Å². The van der Waals surface area contributed by atoms with Crippen molar-refractivity contribution in [3.8, 4) is 0 Å². The number of amides is 1. The molecule has 1 amide bonds. The van der Waals surface area contributed by atoms with E-state index >= 15 is 0 Å². The summed E-state index contributed by atoms with van der Waals surface area (Å²) in [6.07, 6.45) is 2.25. The number of hydrogen-bond acceptors (Lipinski definition) is 3. The van der Waals surface area contributed by atoms with Gasteiger partial charge in [-0.25, -0.2) is 0 Å². The first-order valence-corrected chi connectivity index (χ1v) is 7.38. The molecule has 2 rings (SSSR count). The molecule has 4 heteroatoms. The zero-order valence-electron chi connectivity index (χ0n) is 12.7. The van der Waals surface area contributed by atoms with Gasteiger partial charge >= 0.3 is 0 Å². The van der Waals surface area contributed by atoms with Crippen LogP contribution in [0.25, 0.3) is 0 Å². The Morgan fingerprint density at radius 3 is 2.21 bits per heavy atom. The third-order valence-corrected chi connectivity index (χ3v) is 4.65. The Morgan fingerprint density at radius 1 is 1.21 bits per heavy atom. The van der Waals surface area contributed by atoms with Gasteiger partial charge in [-0.3, -0.25) is 4.79 Å². The number of rotatable bonds is 2. The number of hydrogen-bond donors (Lipinski definition) is 0. The zero-order chi connectivity index (χ0) is 14.1. The summed E-state index contributed by atoms with van der Waals surface area (Å²) in [7, 11) is 0. The molecule has 0 aliphatic carbocycles. The zero-order valence-corrected chi connectivity index (χ0v) is 12.7. The predicted octanol–water partition coefficient (Wildman–Crippen LogP) is 2.42. The third-order valence-electron chi connectivity index (χ3n) is 4.65. The van der Waals surface area contributed by atoms with Gasteiger partial charge in [-0.15, -0.1) is 0 Å². The summed E-state index contributed by atoms with van der Waals surface area (Å²) in [5, 5.41) is 0. The molecule has 1 atom stereocenters. The van der Waals surface area contributed by atoms with E-state index in [1.54, 1.807) is 0 Å². The minimum atomic E-state index is -0.383. The fraction of sp³-hybridized carbons (Fsp3) is 0.933. The van der Waals surface area contributed by atoms with Crippen LogP contribution in [-0.2, 0) is 14.3 Å². The molecule has 0 radical (unpaired) electrons. The van der Waals surface area contributed by atoms with Crippen LogP contribution in [0.5, 0.6) is 0 Å². The molecule has 1 unspecified atom stereocenters. The fourth-order valence-electron chi connectivity index (χ4n) is 2.58. The molecule has 0 saturated carbocycles. The van der Waals surface area contributed by atoms with Crippen LogP contribution in [0.3, 0.4) is 0 Å². The van der Waals surface area contributed by atoms with Gasteiger partial charge in [-0.05, 0) is 11.3 Å². The van der Waals surface area contributed by atoms with Crippen molar-refractivity contribution in [1.82, 2.24) is 4.90 Å². The fourth-order valence-corrected chi connectivity index (χ4v) is 2.58. The van der Waals surface area contributed by atoms with Gasteiger partial charge in [-0.2, -0.15) is 0 Å². The lowest BCUT2D eigenvalue weighted by molar-refractivity contribution is -0.187. The van der Waals surface area contributed by atoms with Crippen LogP contribution < -0.4 is 0 Å². The summed E-state index contributed by atoms with van der Waals surface area (Å²) in [5.74, 6) is 0.289. The maximum absolute atomic E-state index is 12.3. The van der Waals surface area contributed by atoms with Crippen molar-refractivity contribution in [2.45, 2.75) is 52.7 Å². The van der Waals surface area contributed by atoms with E-state index in [-0.39, 0.29) is 17.1 Å². The van der Waals surface area contributed by atoms with Gasteiger partial charge in [0.25, 0.3) is 0 Å². The average Bonchev–Trinajstić information content (AvgIpc) is 2.77. The maximum Gasteiger partial charge on any atom is 0.222 e. The summed E-state index contributed by atoms with van der Waals surface area (Å²) >= 11 is 0. The van der Waals surface area contributed by atoms with Crippen molar-refractivity contribution in [2.75, 3.05) is 26.3 Å².